The second-order valence-electron chi connectivity index (χ2n) is 4.64. The summed E-state index contributed by atoms with van der Waals surface area (Å²) in [5.41, 5.74) is 9.59. The smallest absolute Gasteiger partial charge is 0.266 e. The van der Waals surface area contributed by atoms with Crippen molar-refractivity contribution in [3.63, 3.8) is 0 Å². The second kappa shape index (κ2) is 7.77. The number of carbonyl (C=O) groups is 1. The van der Waals surface area contributed by atoms with E-state index in [2.05, 4.69) is 14.7 Å². The number of thiocarbonyl (C=S) groups is 1. The number of hydrogen-bond acceptors (Lipinski definition) is 6. The van der Waals surface area contributed by atoms with Gasteiger partial charge < -0.3 is 0 Å². The Kier molecular flexibility index (Phi) is 5.97. The molecule has 1 aromatic carbocycles. The Bertz CT molecular complexity index is 842. The van der Waals surface area contributed by atoms with Gasteiger partial charge >= 0.3 is 0 Å². The van der Waals surface area contributed by atoms with E-state index in [4.69, 9.17) is 17.7 Å². The molecule has 0 aliphatic carbocycles. The largest absolute Gasteiger partial charge is 0.292 e. The van der Waals surface area contributed by atoms with E-state index in [0.29, 0.717) is 14.9 Å². The van der Waals surface area contributed by atoms with Gasteiger partial charge in [-0.25, -0.2) is 13.1 Å². The highest BCUT2D eigenvalue weighted by Crippen LogP contribution is 2.32. The molecule has 126 valence electrons. The number of azide groups is 1. The molecule has 1 aliphatic rings. The number of amides is 1. The fourth-order valence-electron chi connectivity index (χ4n) is 1.85. The summed E-state index contributed by atoms with van der Waals surface area (Å²) in [7, 11) is -2.09. The topological polar surface area (TPSA) is 115 Å². The van der Waals surface area contributed by atoms with Crippen molar-refractivity contribution >= 4 is 56.0 Å². The zero-order chi connectivity index (χ0) is 17.7. The normalized spacial score (nSPS) is 16.5. The maximum absolute atomic E-state index is 12.4. The first-order chi connectivity index (χ1) is 11.4. The lowest BCUT2D eigenvalue weighted by atomic mass is 10.2. The number of rotatable bonds is 6. The zero-order valence-electron chi connectivity index (χ0n) is 12.5. The number of benzene rings is 1. The van der Waals surface area contributed by atoms with Crippen molar-refractivity contribution < 1.29 is 13.2 Å². The quantitative estimate of drug-likeness (QED) is 0.266. The van der Waals surface area contributed by atoms with Crippen LogP contribution in [-0.2, 0) is 14.8 Å². The Morgan fingerprint density at radius 3 is 2.67 bits per heavy atom. The maximum atomic E-state index is 12.4. The lowest BCUT2D eigenvalue weighted by Crippen LogP contribution is -2.35. The van der Waals surface area contributed by atoms with E-state index < -0.39 is 10.0 Å². The summed E-state index contributed by atoms with van der Waals surface area (Å²) in [6, 6.07) is 6.68. The van der Waals surface area contributed by atoms with Crippen LogP contribution in [0.15, 0.2) is 34.3 Å². The highest BCUT2D eigenvalue weighted by molar-refractivity contribution is 8.26. The molecule has 0 bridgehead atoms. The lowest BCUT2D eigenvalue weighted by Gasteiger charge is -2.13. The molecule has 1 heterocycles. The van der Waals surface area contributed by atoms with Crippen LogP contribution in [0.4, 0.5) is 5.69 Å². The van der Waals surface area contributed by atoms with Crippen molar-refractivity contribution in [3.8, 4) is 0 Å². The van der Waals surface area contributed by atoms with Crippen molar-refractivity contribution in [2.24, 2.45) is 5.11 Å². The van der Waals surface area contributed by atoms with Crippen LogP contribution < -0.4 is 4.72 Å². The lowest BCUT2D eigenvalue weighted by molar-refractivity contribution is -0.121. The number of nitrogens with zero attached hydrogens (tertiary/aromatic N) is 4. The van der Waals surface area contributed by atoms with Crippen LogP contribution in [0.1, 0.15) is 5.56 Å². The molecule has 0 aromatic heterocycles. The average Bonchev–Trinajstić information content (AvgIpc) is 2.81. The second-order valence-corrected chi connectivity index (χ2v) is 8.36. The molecule has 0 spiro atoms. The Labute approximate surface area is 148 Å². The summed E-state index contributed by atoms with van der Waals surface area (Å²) in [5, 5.41) is 3.47. The van der Waals surface area contributed by atoms with Gasteiger partial charge in [0.15, 0.2) is 0 Å². The summed E-state index contributed by atoms with van der Waals surface area (Å²) in [6.07, 6.45) is 1.66. The van der Waals surface area contributed by atoms with Gasteiger partial charge in [-0.3, -0.25) is 9.69 Å². The Hall–Kier alpha value is -1.91. The van der Waals surface area contributed by atoms with E-state index >= 15 is 0 Å². The van der Waals surface area contributed by atoms with E-state index in [0.717, 1.165) is 17.3 Å². The van der Waals surface area contributed by atoms with Gasteiger partial charge in [-0.15, -0.1) is 0 Å². The summed E-state index contributed by atoms with van der Waals surface area (Å²) in [5.74, 6) is -0.542. The van der Waals surface area contributed by atoms with Crippen molar-refractivity contribution in [1.82, 2.24) is 9.62 Å². The van der Waals surface area contributed by atoms with E-state index in [-0.39, 0.29) is 18.2 Å². The first kappa shape index (κ1) is 18.4. The van der Waals surface area contributed by atoms with Crippen molar-refractivity contribution in [2.75, 3.05) is 19.3 Å². The van der Waals surface area contributed by atoms with Gasteiger partial charge in [0.1, 0.15) is 4.32 Å². The standard InChI is InChI=1S/C13H13N5O3S3/c1-15-24(20,21)7-6-18-12(19)11(23-13(18)22)8-9-2-4-10(5-3-9)16-17-14/h2-5,8,15H,6-7H2,1H3. The minimum absolute atomic E-state index is 0.000994. The predicted molar refractivity (Wildman–Crippen MR) is 98.0 cm³/mol. The summed E-state index contributed by atoms with van der Waals surface area (Å²) in [6.45, 7) is 0.000994. The van der Waals surface area contributed by atoms with Crippen LogP contribution in [0, 0.1) is 0 Å². The van der Waals surface area contributed by atoms with Gasteiger partial charge in [0.25, 0.3) is 5.91 Å². The van der Waals surface area contributed by atoms with Crippen LogP contribution >= 0.6 is 24.0 Å². The third-order valence-corrected chi connectivity index (χ3v) is 5.84. The summed E-state index contributed by atoms with van der Waals surface area (Å²) < 4.78 is 25.5. The number of thioether (sulfide) groups is 1. The number of carbonyl (C=O) groups excluding carboxylic acids is 1. The molecule has 1 saturated heterocycles. The SMILES string of the molecule is CNS(=O)(=O)CCN1C(=O)C(=Cc2ccc(N=[N+]=[N-])cc2)SC1=S. The first-order valence-corrected chi connectivity index (χ1v) is 9.56. The molecule has 0 unspecified atom stereocenters. The Morgan fingerprint density at radius 2 is 2.08 bits per heavy atom. The van der Waals surface area contributed by atoms with E-state index in [1.54, 1.807) is 30.3 Å². The van der Waals surface area contributed by atoms with Crippen LogP contribution in [0.2, 0.25) is 0 Å². The summed E-state index contributed by atoms with van der Waals surface area (Å²) >= 11 is 6.27. The molecule has 0 atom stereocenters. The molecule has 8 nitrogen and oxygen atoms in total. The maximum Gasteiger partial charge on any atom is 0.266 e. The van der Waals surface area contributed by atoms with Crippen LogP contribution in [-0.4, -0.2) is 42.9 Å². The fourth-order valence-corrected chi connectivity index (χ4v) is 3.78. The van der Waals surface area contributed by atoms with Gasteiger partial charge in [0, 0.05) is 17.1 Å². The Morgan fingerprint density at radius 1 is 1.42 bits per heavy atom. The van der Waals surface area contributed by atoms with E-state index in [9.17, 15) is 13.2 Å². The zero-order valence-corrected chi connectivity index (χ0v) is 15.0. The number of hydrogen-bond donors (Lipinski definition) is 1. The minimum Gasteiger partial charge on any atom is -0.292 e. The third kappa shape index (κ3) is 4.56. The van der Waals surface area contributed by atoms with Crippen molar-refractivity contribution in [3.05, 3.63) is 45.2 Å². The molecule has 1 amide bonds. The first-order valence-electron chi connectivity index (χ1n) is 6.68. The van der Waals surface area contributed by atoms with E-state index in [1.807, 2.05) is 0 Å². The van der Waals surface area contributed by atoms with Gasteiger partial charge in [-0.05, 0) is 24.2 Å². The molecule has 1 fully saturated rings. The minimum atomic E-state index is -3.41. The fraction of sp³-hybridized carbons (Fsp3) is 0.231. The van der Waals surface area contributed by atoms with Crippen molar-refractivity contribution in [1.29, 1.82) is 0 Å². The van der Waals surface area contributed by atoms with Gasteiger partial charge in [-0.1, -0.05) is 53.4 Å². The molecule has 11 heteroatoms. The van der Waals surface area contributed by atoms with Crippen LogP contribution in [0.5, 0.6) is 0 Å². The molecule has 24 heavy (non-hydrogen) atoms. The molecule has 1 aliphatic heterocycles. The molecule has 2 rings (SSSR count). The third-order valence-electron chi connectivity index (χ3n) is 3.12. The molecule has 1 aromatic rings. The Balaban J connectivity index is 2.14. The van der Waals surface area contributed by atoms with Gasteiger partial charge in [0.05, 0.1) is 10.7 Å². The highest BCUT2D eigenvalue weighted by Gasteiger charge is 2.32. The highest BCUT2D eigenvalue weighted by atomic mass is 32.2. The molecule has 0 saturated carbocycles. The number of sulfonamides is 1. The number of nitrogens with one attached hydrogen (secondary N) is 1. The molecular weight excluding hydrogens is 370 g/mol. The monoisotopic (exact) mass is 383 g/mol. The van der Waals surface area contributed by atoms with Gasteiger partial charge in [0.2, 0.25) is 10.0 Å². The predicted octanol–water partition coefficient (Wildman–Crippen LogP) is 2.38. The molecule has 1 N–H and O–H groups in total. The van der Waals surface area contributed by atoms with Crippen molar-refractivity contribution in [2.45, 2.75) is 0 Å². The molecule has 0 radical (unpaired) electrons. The van der Waals surface area contributed by atoms with Crippen LogP contribution in [0.3, 0.4) is 0 Å². The molecular formula is C13H13N5O3S3. The average molecular weight is 383 g/mol. The van der Waals surface area contributed by atoms with Gasteiger partial charge in [-0.2, -0.15) is 0 Å². The van der Waals surface area contributed by atoms with Crippen LogP contribution in [0.25, 0.3) is 16.5 Å². The summed E-state index contributed by atoms with van der Waals surface area (Å²) in [4.78, 5) is 16.7. The van der Waals surface area contributed by atoms with E-state index in [1.165, 1.54) is 11.9 Å².